The van der Waals surface area contributed by atoms with E-state index < -0.39 is 23.5 Å². The number of carbonyl (C=O) groups is 1. The van der Waals surface area contributed by atoms with Crippen LogP contribution in [-0.2, 0) is 12.7 Å². The third kappa shape index (κ3) is 4.36. The zero-order valence-electron chi connectivity index (χ0n) is 17.2. The lowest BCUT2D eigenvalue weighted by Gasteiger charge is -2.13. The number of halogens is 4. The van der Waals surface area contributed by atoms with Crippen LogP contribution < -0.4 is 5.32 Å². The molecular weight excluding hydrogens is 440 g/mol. The van der Waals surface area contributed by atoms with Crippen LogP contribution in [0.3, 0.4) is 0 Å². The number of rotatable bonds is 4. The summed E-state index contributed by atoms with van der Waals surface area (Å²) in [6.07, 6.45) is -4.60. The van der Waals surface area contributed by atoms with Crippen LogP contribution in [0.25, 0.3) is 21.5 Å². The van der Waals surface area contributed by atoms with Crippen LogP contribution in [0, 0.1) is 19.7 Å². The molecule has 8 heteroatoms. The Hall–Kier alpha value is -3.26. The summed E-state index contributed by atoms with van der Waals surface area (Å²) in [6.45, 7) is 3.49. The molecule has 4 aromatic rings. The number of alkyl halides is 3. The topological polar surface area (TPSA) is 42.0 Å². The van der Waals surface area contributed by atoms with Gasteiger partial charge in [0.05, 0.1) is 27.2 Å². The SMILES string of the molecule is Cc1cc2nc(-c3cccs3)cc(C(=O)NCc3cc(C(F)(F)F)ccc3F)c2cc1C. The predicted octanol–water partition coefficient (Wildman–Crippen LogP) is 6.67. The molecule has 164 valence electrons. The van der Waals surface area contributed by atoms with Crippen molar-refractivity contribution in [3.63, 3.8) is 0 Å². The summed E-state index contributed by atoms with van der Waals surface area (Å²) in [5, 5.41) is 5.08. The molecule has 0 radical (unpaired) electrons. The number of thiophene rings is 1. The average Bonchev–Trinajstić information content (AvgIpc) is 3.27. The number of hydrogen-bond donors (Lipinski definition) is 1. The number of aromatic nitrogens is 1. The van der Waals surface area contributed by atoms with Crippen molar-refractivity contribution in [3.8, 4) is 10.6 Å². The van der Waals surface area contributed by atoms with E-state index >= 15 is 0 Å². The summed E-state index contributed by atoms with van der Waals surface area (Å²) < 4.78 is 53.0. The molecule has 3 nitrogen and oxygen atoms in total. The van der Waals surface area contributed by atoms with Crippen molar-refractivity contribution in [1.82, 2.24) is 10.3 Å². The van der Waals surface area contributed by atoms with Gasteiger partial charge < -0.3 is 5.32 Å². The van der Waals surface area contributed by atoms with Crippen LogP contribution in [0.2, 0.25) is 0 Å². The molecule has 1 amide bonds. The Kier molecular flexibility index (Phi) is 5.73. The van der Waals surface area contributed by atoms with Gasteiger partial charge in [-0.15, -0.1) is 11.3 Å². The van der Waals surface area contributed by atoms with Crippen LogP contribution in [0.4, 0.5) is 17.6 Å². The smallest absolute Gasteiger partial charge is 0.348 e. The third-order valence-corrected chi connectivity index (χ3v) is 6.15. The quantitative estimate of drug-likeness (QED) is 0.347. The summed E-state index contributed by atoms with van der Waals surface area (Å²) >= 11 is 1.48. The van der Waals surface area contributed by atoms with E-state index in [2.05, 4.69) is 10.3 Å². The standard InChI is InChI=1S/C24H18F4N2OS/c1-13-8-17-18(11-21(22-4-3-7-32-22)30-20(17)9-14(13)2)23(31)29-12-15-10-16(24(26,27)28)5-6-19(15)25/h3-11H,12H2,1-2H3,(H,29,31). The molecule has 2 aromatic carbocycles. The fourth-order valence-electron chi connectivity index (χ4n) is 3.38. The van der Waals surface area contributed by atoms with Crippen LogP contribution in [0.15, 0.2) is 53.9 Å². The van der Waals surface area contributed by atoms with Crippen molar-refractivity contribution in [2.45, 2.75) is 26.6 Å². The molecule has 2 aromatic heterocycles. The van der Waals surface area contributed by atoms with E-state index in [1.165, 1.54) is 11.3 Å². The van der Waals surface area contributed by atoms with Gasteiger partial charge in [0.1, 0.15) is 5.82 Å². The van der Waals surface area contributed by atoms with Gasteiger partial charge in [-0.2, -0.15) is 13.2 Å². The van der Waals surface area contributed by atoms with Gasteiger partial charge in [0.25, 0.3) is 5.91 Å². The Labute approximate surface area is 185 Å². The molecule has 0 fully saturated rings. The molecule has 1 N–H and O–H groups in total. The molecule has 4 rings (SSSR count). The number of nitrogens with one attached hydrogen (secondary N) is 1. The molecule has 0 atom stereocenters. The lowest BCUT2D eigenvalue weighted by Crippen LogP contribution is -2.24. The number of pyridine rings is 1. The van der Waals surface area contributed by atoms with Gasteiger partial charge in [0.2, 0.25) is 0 Å². The Morgan fingerprint density at radius 3 is 2.50 bits per heavy atom. The minimum Gasteiger partial charge on any atom is -0.348 e. The summed E-state index contributed by atoms with van der Waals surface area (Å²) in [7, 11) is 0. The predicted molar refractivity (Wildman–Crippen MR) is 117 cm³/mol. The van der Waals surface area contributed by atoms with E-state index in [-0.39, 0.29) is 12.1 Å². The number of hydrogen-bond acceptors (Lipinski definition) is 3. The van der Waals surface area contributed by atoms with E-state index in [9.17, 15) is 22.4 Å². The Balaban J connectivity index is 1.71. The fourth-order valence-corrected chi connectivity index (χ4v) is 4.07. The molecule has 0 aliphatic rings. The minimum atomic E-state index is -4.60. The second kappa shape index (κ2) is 8.35. The molecule has 2 heterocycles. The molecule has 0 bridgehead atoms. The van der Waals surface area contributed by atoms with Crippen LogP contribution in [-0.4, -0.2) is 10.9 Å². The number of fused-ring (bicyclic) bond motifs is 1. The van der Waals surface area contributed by atoms with Crippen molar-refractivity contribution in [2.75, 3.05) is 0 Å². The van der Waals surface area contributed by atoms with Gasteiger partial charge in [0, 0.05) is 17.5 Å². The van der Waals surface area contributed by atoms with Crippen molar-refractivity contribution < 1.29 is 22.4 Å². The van der Waals surface area contributed by atoms with Crippen molar-refractivity contribution in [1.29, 1.82) is 0 Å². The number of aryl methyl sites for hydroxylation is 2. The molecular formula is C24H18F4N2OS. The Bertz CT molecular complexity index is 1310. The van der Waals surface area contributed by atoms with E-state index in [4.69, 9.17) is 0 Å². The van der Waals surface area contributed by atoms with E-state index in [0.717, 1.165) is 22.1 Å². The van der Waals surface area contributed by atoms with Gasteiger partial charge in [-0.05, 0) is 72.8 Å². The van der Waals surface area contributed by atoms with Gasteiger partial charge in [0.15, 0.2) is 0 Å². The third-order valence-electron chi connectivity index (χ3n) is 5.25. The summed E-state index contributed by atoms with van der Waals surface area (Å²) in [5.41, 5.74) is 2.36. The zero-order chi connectivity index (χ0) is 23.0. The molecule has 0 saturated heterocycles. The highest BCUT2D eigenvalue weighted by Gasteiger charge is 2.31. The van der Waals surface area contributed by atoms with E-state index in [0.29, 0.717) is 34.3 Å². The molecule has 0 spiro atoms. The number of amides is 1. The number of benzene rings is 2. The first-order chi connectivity index (χ1) is 15.1. The van der Waals surface area contributed by atoms with Gasteiger partial charge in [-0.25, -0.2) is 9.37 Å². The van der Waals surface area contributed by atoms with Crippen LogP contribution >= 0.6 is 11.3 Å². The van der Waals surface area contributed by atoms with Gasteiger partial charge >= 0.3 is 6.18 Å². The first-order valence-electron chi connectivity index (χ1n) is 9.73. The van der Waals surface area contributed by atoms with Crippen LogP contribution in [0.5, 0.6) is 0 Å². The first-order valence-corrected chi connectivity index (χ1v) is 10.6. The second-order valence-electron chi connectivity index (χ2n) is 7.47. The lowest BCUT2D eigenvalue weighted by atomic mass is 10.0. The monoisotopic (exact) mass is 458 g/mol. The highest BCUT2D eigenvalue weighted by Crippen LogP contribution is 2.31. The van der Waals surface area contributed by atoms with E-state index in [1.54, 1.807) is 6.07 Å². The summed E-state index contributed by atoms with van der Waals surface area (Å²) in [6, 6.07) is 11.3. The molecule has 0 unspecified atom stereocenters. The first kappa shape index (κ1) is 22.0. The molecule has 0 aliphatic heterocycles. The number of carbonyl (C=O) groups excluding carboxylic acids is 1. The highest BCUT2D eigenvalue weighted by molar-refractivity contribution is 7.13. The maximum Gasteiger partial charge on any atom is 0.416 e. The van der Waals surface area contributed by atoms with Gasteiger partial charge in [-0.1, -0.05) is 6.07 Å². The van der Waals surface area contributed by atoms with Crippen molar-refractivity contribution >= 4 is 28.1 Å². The highest BCUT2D eigenvalue weighted by atomic mass is 32.1. The second-order valence-corrected chi connectivity index (χ2v) is 8.42. The largest absolute Gasteiger partial charge is 0.416 e. The van der Waals surface area contributed by atoms with Gasteiger partial charge in [-0.3, -0.25) is 4.79 Å². The fraction of sp³-hybridized carbons (Fsp3) is 0.167. The van der Waals surface area contributed by atoms with Crippen LogP contribution in [0.1, 0.15) is 32.6 Å². The average molecular weight is 458 g/mol. The maximum atomic E-state index is 14.1. The molecule has 32 heavy (non-hydrogen) atoms. The zero-order valence-corrected chi connectivity index (χ0v) is 18.0. The Morgan fingerprint density at radius 2 is 1.81 bits per heavy atom. The molecule has 0 aliphatic carbocycles. The molecule has 0 saturated carbocycles. The Morgan fingerprint density at radius 1 is 1.06 bits per heavy atom. The van der Waals surface area contributed by atoms with E-state index in [1.807, 2.05) is 43.5 Å². The number of nitrogens with zero attached hydrogens (tertiary/aromatic N) is 1. The lowest BCUT2D eigenvalue weighted by molar-refractivity contribution is -0.137. The summed E-state index contributed by atoms with van der Waals surface area (Å²) in [4.78, 5) is 18.6. The maximum absolute atomic E-state index is 14.1. The minimum absolute atomic E-state index is 0.239. The van der Waals surface area contributed by atoms with Crippen molar-refractivity contribution in [2.24, 2.45) is 0 Å². The normalized spacial score (nSPS) is 11.7. The van der Waals surface area contributed by atoms with Crippen molar-refractivity contribution in [3.05, 3.63) is 87.5 Å². The summed E-state index contributed by atoms with van der Waals surface area (Å²) in [5.74, 6) is -1.33.